The van der Waals surface area contributed by atoms with Gasteiger partial charge in [0.25, 0.3) is 0 Å². The van der Waals surface area contributed by atoms with E-state index in [4.69, 9.17) is 5.73 Å². The maximum Gasteiger partial charge on any atom is 0.238 e. The van der Waals surface area contributed by atoms with Crippen molar-refractivity contribution in [3.8, 4) is 6.07 Å². The molecular weight excluding hydrogens is 312 g/mol. The number of nitrogens with zero attached hydrogens (tertiary/aromatic N) is 2. The third-order valence-corrected chi connectivity index (χ3v) is 5.70. The van der Waals surface area contributed by atoms with Crippen molar-refractivity contribution in [2.75, 3.05) is 19.6 Å². The van der Waals surface area contributed by atoms with Crippen molar-refractivity contribution in [3.05, 3.63) is 0 Å². The van der Waals surface area contributed by atoms with Crippen LogP contribution in [0.2, 0.25) is 0 Å². The molecule has 1 atom stereocenters. The summed E-state index contributed by atoms with van der Waals surface area (Å²) < 4.78 is 0. The Morgan fingerprint density at radius 3 is 2.40 bits per heavy atom. The number of hydrogen-bond donors (Lipinski definition) is 2. The monoisotopic (exact) mass is 348 g/mol. The smallest absolute Gasteiger partial charge is 0.238 e. The molecule has 0 radical (unpaired) electrons. The van der Waals surface area contributed by atoms with Crippen LogP contribution in [0.3, 0.4) is 0 Å². The van der Waals surface area contributed by atoms with Gasteiger partial charge in [-0.05, 0) is 43.4 Å². The molecule has 1 heterocycles. The van der Waals surface area contributed by atoms with E-state index in [1.165, 1.54) is 32.1 Å². The molecule has 2 rings (SSSR count). The molecule has 1 aliphatic carbocycles. The van der Waals surface area contributed by atoms with E-state index >= 15 is 0 Å². The maximum atomic E-state index is 12.5. The second-order valence-corrected chi connectivity index (χ2v) is 9.36. The molecule has 1 unspecified atom stereocenters. The number of hydrogen-bond acceptors (Lipinski definition) is 4. The van der Waals surface area contributed by atoms with Gasteiger partial charge in [0.15, 0.2) is 0 Å². The summed E-state index contributed by atoms with van der Waals surface area (Å²) in [7, 11) is 0. The van der Waals surface area contributed by atoms with Gasteiger partial charge < -0.3 is 16.0 Å². The third kappa shape index (κ3) is 6.27. The molecule has 1 saturated carbocycles. The molecule has 0 bridgehead atoms. The minimum Gasteiger partial charge on any atom is -0.336 e. The van der Waals surface area contributed by atoms with E-state index in [0.29, 0.717) is 19.3 Å². The van der Waals surface area contributed by atoms with Gasteiger partial charge >= 0.3 is 0 Å². The quantitative estimate of drug-likeness (QED) is 0.800. The van der Waals surface area contributed by atoms with E-state index in [0.717, 1.165) is 25.6 Å². The largest absolute Gasteiger partial charge is 0.336 e. The van der Waals surface area contributed by atoms with Crippen molar-refractivity contribution >= 4 is 5.91 Å². The van der Waals surface area contributed by atoms with Gasteiger partial charge in [0.1, 0.15) is 5.54 Å². The van der Waals surface area contributed by atoms with E-state index < -0.39 is 11.6 Å². The number of carbonyl (C=O) groups is 1. The van der Waals surface area contributed by atoms with Gasteiger partial charge in [-0.25, -0.2) is 0 Å². The molecule has 0 aromatic heterocycles. The highest BCUT2D eigenvalue weighted by Crippen LogP contribution is 2.28. The predicted molar refractivity (Wildman–Crippen MR) is 101 cm³/mol. The van der Waals surface area contributed by atoms with Crippen molar-refractivity contribution < 1.29 is 4.79 Å². The predicted octanol–water partition coefficient (Wildman–Crippen LogP) is 2.80. The van der Waals surface area contributed by atoms with Crippen LogP contribution in [-0.4, -0.2) is 42.0 Å². The summed E-state index contributed by atoms with van der Waals surface area (Å²) in [4.78, 5) is 14.9. The van der Waals surface area contributed by atoms with E-state index in [-0.39, 0.29) is 11.3 Å². The summed E-state index contributed by atoms with van der Waals surface area (Å²) in [6.45, 7) is 9.15. The van der Waals surface area contributed by atoms with Crippen LogP contribution in [0.4, 0.5) is 0 Å². The standard InChI is InChI=1S/C20H36N4O/c1-19(2,3)13-17(22)18(25)23-20(15-21)9-11-24(12-10-20)14-16-7-5-4-6-8-16/h16-17H,4-14,22H2,1-3H3,(H,23,25). The average Bonchev–Trinajstić information content (AvgIpc) is 2.56. The minimum absolute atomic E-state index is 0.0000757. The zero-order chi connectivity index (χ0) is 18.5. The van der Waals surface area contributed by atoms with Crippen LogP contribution in [-0.2, 0) is 4.79 Å². The van der Waals surface area contributed by atoms with Crippen LogP contribution >= 0.6 is 0 Å². The normalized spacial score (nSPS) is 23.6. The second kappa shape index (κ2) is 8.51. The van der Waals surface area contributed by atoms with Crippen molar-refractivity contribution in [2.45, 2.75) is 83.7 Å². The third-order valence-electron chi connectivity index (χ3n) is 5.70. The molecule has 1 aliphatic heterocycles. The Balaban J connectivity index is 1.83. The van der Waals surface area contributed by atoms with Gasteiger partial charge in [-0.3, -0.25) is 4.79 Å². The Morgan fingerprint density at radius 2 is 1.88 bits per heavy atom. The summed E-state index contributed by atoms with van der Waals surface area (Å²) in [5.74, 6) is 0.635. The van der Waals surface area contributed by atoms with Crippen molar-refractivity contribution in [2.24, 2.45) is 17.1 Å². The average molecular weight is 349 g/mol. The highest BCUT2D eigenvalue weighted by atomic mass is 16.2. The molecule has 0 aromatic rings. The number of likely N-dealkylation sites (tertiary alicyclic amines) is 1. The molecule has 3 N–H and O–H groups in total. The lowest BCUT2D eigenvalue weighted by molar-refractivity contribution is -0.124. The van der Waals surface area contributed by atoms with Crippen molar-refractivity contribution in [3.63, 3.8) is 0 Å². The Kier molecular flexibility index (Phi) is 6.87. The number of nitriles is 1. The second-order valence-electron chi connectivity index (χ2n) is 9.36. The SMILES string of the molecule is CC(C)(C)CC(N)C(=O)NC1(C#N)CCN(CC2CCCCC2)CC1. The highest BCUT2D eigenvalue weighted by Gasteiger charge is 2.38. The topological polar surface area (TPSA) is 82.1 Å². The molecular formula is C20H36N4O. The minimum atomic E-state index is -0.740. The first-order chi connectivity index (χ1) is 11.7. The van der Waals surface area contributed by atoms with Gasteiger partial charge in [0, 0.05) is 19.6 Å². The molecule has 0 aromatic carbocycles. The van der Waals surface area contributed by atoms with E-state index in [2.05, 4.69) is 37.1 Å². The Bertz CT molecular complexity index is 477. The number of piperidine rings is 1. The van der Waals surface area contributed by atoms with Gasteiger partial charge in [0.05, 0.1) is 12.1 Å². The lowest BCUT2D eigenvalue weighted by atomic mass is 9.85. The first kappa shape index (κ1) is 20.2. The van der Waals surface area contributed by atoms with Crippen LogP contribution in [0.15, 0.2) is 0 Å². The first-order valence-electron chi connectivity index (χ1n) is 9.94. The first-order valence-corrected chi connectivity index (χ1v) is 9.94. The summed E-state index contributed by atoms with van der Waals surface area (Å²) in [5.41, 5.74) is 5.31. The van der Waals surface area contributed by atoms with Crippen LogP contribution in [0.25, 0.3) is 0 Å². The van der Waals surface area contributed by atoms with E-state index in [9.17, 15) is 10.1 Å². The Hall–Kier alpha value is -1.12. The molecule has 1 saturated heterocycles. The lowest BCUT2D eigenvalue weighted by Crippen LogP contribution is -2.58. The molecule has 1 amide bonds. The number of nitrogens with two attached hydrogens (primary N) is 1. The highest BCUT2D eigenvalue weighted by molar-refractivity contribution is 5.82. The van der Waals surface area contributed by atoms with E-state index in [1.54, 1.807) is 0 Å². The molecule has 5 heteroatoms. The van der Waals surface area contributed by atoms with Gasteiger partial charge in [-0.2, -0.15) is 5.26 Å². The zero-order valence-electron chi connectivity index (χ0n) is 16.3. The Morgan fingerprint density at radius 1 is 1.28 bits per heavy atom. The van der Waals surface area contributed by atoms with Crippen LogP contribution in [0.1, 0.15) is 72.1 Å². The zero-order valence-corrected chi connectivity index (χ0v) is 16.3. The number of nitrogens with one attached hydrogen (secondary N) is 1. The van der Waals surface area contributed by atoms with Gasteiger partial charge in [-0.15, -0.1) is 0 Å². The fraction of sp³-hybridized carbons (Fsp3) is 0.900. The molecule has 2 fully saturated rings. The molecule has 5 nitrogen and oxygen atoms in total. The number of carbonyl (C=O) groups excluding carboxylic acids is 1. The van der Waals surface area contributed by atoms with Crippen molar-refractivity contribution in [1.82, 2.24) is 10.2 Å². The number of rotatable bonds is 5. The van der Waals surface area contributed by atoms with Crippen LogP contribution < -0.4 is 11.1 Å². The lowest BCUT2D eigenvalue weighted by Gasteiger charge is -2.40. The van der Waals surface area contributed by atoms with Crippen LogP contribution in [0, 0.1) is 22.7 Å². The summed E-state index contributed by atoms with van der Waals surface area (Å²) in [6.07, 6.45) is 8.82. The summed E-state index contributed by atoms with van der Waals surface area (Å²) in [5, 5.41) is 12.7. The maximum absolute atomic E-state index is 12.5. The van der Waals surface area contributed by atoms with Crippen LogP contribution in [0.5, 0.6) is 0 Å². The number of amides is 1. The Labute approximate surface area is 153 Å². The fourth-order valence-corrected chi connectivity index (χ4v) is 4.20. The molecule has 2 aliphatic rings. The molecule has 142 valence electrons. The van der Waals surface area contributed by atoms with Gasteiger partial charge in [0.2, 0.25) is 5.91 Å². The van der Waals surface area contributed by atoms with Crippen molar-refractivity contribution in [1.29, 1.82) is 5.26 Å². The van der Waals surface area contributed by atoms with Gasteiger partial charge in [-0.1, -0.05) is 40.0 Å². The molecule has 0 spiro atoms. The summed E-state index contributed by atoms with van der Waals surface area (Å²) >= 11 is 0. The fourth-order valence-electron chi connectivity index (χ4n) is 4.20. The van der Waals surface area contributed by atoms with E-state index in [1.807, 2.05) is 0 Å². The summed E-state index contributed by atoms with van der Waals surface area (Å²) in [6, 6.07) is 1.83. The molecule has 25 heavy (non-hydrogen) atoms.